The molecule has 2 rings (SSSR count). The summed E-state index contributed by atoms with van der Waals surface area (Å²) in [6, 6.07) is 6.89. The molecule has 0 radical (unpaired) electrons. The summed E-state index contributed by atoms with van der Waals surface area (Å²) < 4.78 is 0. The van der Waals surface area contributed by atoms with Gasteiger partial charge in [0.1, 0.15) is 4.88 Å². The van der Waals surface area contributed by atoms with Crippen LogP contribution in [-0.4, -0.2) is 22.7 Å². The van der Waals surface area contributed by atoms with Crippen LogP contribution >= 0.6 is 34.7 Å². The van der Waals surface area contributed by atoms with Crippen LogP contribution in [0.1, 0.15) is 15.2 Å². The highest BCUT2D eigenvalue weighted by Gasteiger charge is 2.10. The lowest BCUT2D eigenvalue weighted by molar-refractivity contribution is -0.113. The Morgan fingerprint density at radius 2 is 2.19 bits per heavy atom. The number of aromatic carboxylic acids is 1. The number of halogens is 1. The van der Waals surface area contributed by atoms with Crippen LogP contribution in [0.5, 0.6) is 0 Å². The smallest absolute Gasteiger partial charge is 0.345 e. The second kappa shape index (κ2) is 6.98. The lowest BCUT2D eigenvalue weighted by atomic mass is 10.2. The van der Waals surface area contributed by atoms with Crippen molar-refractivity contribution in [2.45, 2.75) is 11.8 Å². The van der Waals surface area contributed by atoms with Gasteiger partial charge in [-0.2, -0.15) is 0 Å². The fraction of sp³-hybridized carbons (Fsp3) is 0.143. The standard InChI is InChI=1S/C14H12ClNO3S2/c1-8-10(15)3-2-4-11(8)16-13(17)7-20-9-5-12(14(18)19)21-6-9/h2-6H,7H2,1H3,(H,16,17)(H,18,19). The summed E-state index contributed by atoms with van der Waals surface area (Å²) in [6.45, 7) is 1.84. The van der Waals surface area contributed by atoms with E-state index in [0.29, 0.717) is 10.7 Å². The van der Waals surface area contributed by atoms with Gasteiger partial charge in [0.15, 0.2) is 0 Å². The van der Waals surface area contributed by atoms with E-state index in [2.05, 4.69) is 5.32 Å². The molecule has 0 saturated heterocycles. The van der Waals surface area contributed by atoms with Crippen molar-refractivity contribution in [1.82, 2.24) is 0 Å². The van der Waals surface area contributed by atoms with Crippen LogP contribution in [0.3, 0.4) is 0 Å². The summed E-state index contributed by atoms with van der Waals surface area (Å²) in [5, 5.41) is 14.0. The van der Waals surface area contributed by atoms with Crippen molar-refractivity contribution in [1.29, 1.82) is 0 Å². The fourth-order valence-corrected chi connectivity index (χ4v) is 3.43. The molecule has 1 aromatic carbocycles. The van der Waals surface area contributed by atoms with Crippen LogP contribution in [0.25, 0.3) is 0 Å². The van der Waals surface area contributed by atoms with Crippen molar-refractivity contribution in [2.75, 3.05) is 11.1 Å². The summed E-state index contributed by atoms with van der Waals surface area (Å²) >= 11 is 8.44. The topological polar surface area (TPSA) is 66.4 Å². The Morgan fingerprint density at radius 3 is 2.86 bits per heavy atom. The molecule has 1 heterocycles. The molecule has 0 aliphatic rings. The Kier molecular flexibility index (Phi) is 5.27. The molecule has 2 aromatic rings. The molecule has 0 aliphatic heterocycles. The predicted octanol–water partition coefficient (Wildman–Crippen LogP) is 4.14. The number of anilines is 1. The van der Waals surface area contributed by atoms with Gasteiger partial charge < -0.3 is 10.4 Å². The molecule has 0 saturated carbocycles. The molecule has 1 aromatic heterocycles. The highest BCUT2D eigenvalue weighted by atomic mass is 35.5. The first kappa shape index (κ1) is 15.9. The van der Waals surface area contributed by atoms with Crippen molar-refractivity contribution < 1.29 is 14.7 Å². The van der Waals surface area contributed by atoms with Gasteiger partial charge in [-0.25, -0.2) is 4.79 Å². The number of thioether (sulfide) groups is 1. The van der Waals surface area contributed by atoms with Gasteiger partial charge in [0.05, 0.1) is 5.75 Å². The Hall–Kier alpha value is -1.50. The average molecular weight is 342 g/mol. The third kappa shape index (κ3) is 4.23. The van der Waals surface area contributed by atoms with Gasteiger partial charge in [-0.1, -0.05) is 17.7 Å². The maximum Gasteiger partial charge on any atom is 0.345 e. The zero-order valence-electron chi connectivity index (χ0n) is 11.1. The lowest BCUT2D eigenvalue weighted by Crippen LogP contribution is -2.14. The van der Waals surface area contributed by atoms with E-state index < -0.39 is 5.97 Å². The van der Waals surface area contributed by atoms with Gasteiger partial charge >= 0.3 is 5.97 Å². The quantitative estimate of drug-likeness (QED) is 0.802. The van der Waals surface area contributed by atoms with E-state index in [1.54, 1.807) is 29.6 Å². The molecule has 0 unspecified atom stereocenters. The second-order valence-electron chi connectivity index (χ2n) is 4.20. The number of rotatable bonds is 5. The van der Waals surface area contributed by atoms with E-state index in [0.717, 1.165) is 21.8 Å². The maximum atomic E-state index is 11.9. The second-order valence-corrected chi connectivity index (χ2v) is 6.57. The summed E-state index contributed by atoms with van der Waals surface area (Å²) in [6.07, 6.45) is 0. The number of thiophene rings is 1. The summed E-state index contributed by atoms with van der Waals surface area (Å²) in [5.41, 5.74) is 1.51. The van der Waals surface area contributed by atoms with Crippen molar-refractivity contribution in [2.24, 2.45) is 0 Å². The maximum absolute atomic E-state index is 11.9. The molecule has 0 atom stereocenters. The minimum atomic E-state index is -0.953. The molecule has 7 heteroatoms. The van der Waals surface area contributed by atoms with Crippen LogP contribution in [0, 0.1) is 6.92 Å². The van der Waals surface area contributed by atoms with E-state index in [1.807, 2.05) is 6.92 Å². The first-order valence-corrected chi connectivity index (χ1v) is 8.21. The molecule has 0 fully saturated rings. The third-order valence-corrected chi connectivity index (χ3v) is 5.15. The largest absolute Gasteiger partial charge is 0.477 e. The summed E-state index contributed by atoms with van der Waals surface area (Å²) in [7, 11) is 0. The highest BCUT2D eigenvalue weighted by Crippen LogP contribution is 2.26. The average Bonchev–Trinajstić information content (AvgIpc) is 2.91. The monoisotopic (exact) mass is 341 g/mol. The van der Waals surface area contributed by atoms with Crippen molar-refractivity contribution in [3.05, 3.63) is 45.1 Å². The molecular weight excluding hydrogens is 330 g/mol. The fourth-order valence-electron chi connectivity index (χ4n) is 1.58. The molecule has 0 bridgehead atoms. The number of carboxylic acids is 1. The van der Waals surface area contributed by atoms with Crippen LogP contribution < -0.4 is 5.32 Å². The SMILES string of the molecule is Cc1c(Cl)cccc1NC(=O)CSc1csc(C(=O)O)c1. The lowest BCUT2D eigenvalue weighted by Gasteiger charge is -2.08. The van der Waals surface area contributed by atoms with Gasteiger partial charge in [0, 0.05) is 21.0 Å². The van der Waals surface area contributed by atoms with E-state index >= 15 is 0 Å². The van der Waals surface area contributed by atoms with E-state index in [9.17, 15) is 9.59 Å². The molecule has 0 aliphatic carbocycles. The number of benzene rings is 1. The van der Waals surface area contributed by atoms with Crippen molar-refractivity contribution >= 4 is 52.3 Å². The minimum absolute atomic E-state index is 0.159. The van der Waals surface area contributed by atoms with Crippen molar-refractivity contribution in [3.8, 4) is 0 Å². The Balaban J connectivity index is 1.92. The Bertz CT molecular complexity index is 685. The number of nitrogens with one attached hydrogen (secondary N) is 1. The molecule has 110 valence electrons. The van der Waals surface area contributed by atoms with Gasteiger partial charge in [-0.3, -0.25) is 4.79 Å². The highest BCUT2D eigenvalue weighted by molar-refractivity contribution is 8.00. The minimum Gasteiger partial charge on any atom is -0.477 e. The van der Waals surface area contributed by atoms with Crippen LogP contribution in [0.15, 0.2) is 34.5 Å². The van der Waals surface area contributed by atoms with Gasteiger partial charge in [0.25, 0.3) is 0 Å². The zero-order chi connectivity index (χ0) is 15.4. The predicted molar refractivity (Wildman–Crippen MR) is 86.8 cm³/mol. The Morgan fingerprint density at radius 1 is 1.43 bits per heavy atom. The normalized spacial score (nSPS) is 10.4. The summed E-state index contributed by atoms with van der Waals surface area (Å²) in [5.74, 6) is -0.902. The van der Waals surface area contributed by atoms with E-state index in [4.69, 9.17) is 16.7 Å². The zero-order valence-corrected chi connectivity index (χ0v) is 13.4. The van der Waals surface area contributed by atoms with Gasteiger partial charge in [-0.15, -0.1) is 23.1 Å². The number of hydrogen-bond acceptors (Lipinski definition) is 4. The van der Waals surface area contributed by atoms with Gasteiger partial charge in [-0.05, 0) is 30.7 Å². The molecule has 4 nitrogen and oxygen atoms in total. The number of amides is 1. The van der Waals surface area contributed by atoms with Crippen LogP contribution in [0.4, 0.5) is 5.69 Å². The molecular formula is C14H12ClNO3S2. The first-order valence-electron chi connectivity index (χ1n) is 5.97. The number of carboxylic acid groups (broad SMARTS) is 1. The molecule has 21 heavy (non-hydrogen) atoms. The van der Waals surface area contributed by atoms with Gasteiger partial charge in [0.2, 0.25) is 5.91 Å². The summed E-state index contributed by atoms with van der Waals surface area (Å²) in [4.78, 5) is 23.7. The van der Waals surface area contributed by atoms with Crippen LogP contribution in [-0.2, 0) is 4.79 Å². The number of hydrogen-bond donors (Lipinski definition) is 2. The first-order chi connectivity index (χ1) is 9.97. The van der Waals surface area contributed by atoms with E-state index in [-0.39, 0.29) is 16.5 Å². The molecule has 2 N–H and O–H groups in total. The Labute approximate surface area is 135 Å². The molecule has 1 amide bonds. The van der Waals surface area contributed by atoms with Crippen molar-refractivity contribution in [3.63, 3.8) is 0 Å². The molecule has 0 spiro atoms. The van der Waals surface area contributed by atoms with E-state index in [1.165, 1.54) is 11.8 Å². The number of carbonyl (C=O) groups excluding carboxylic acids is 1. The van der Waals surface area contributed by atoms with Crippen LogP contribution in [0.2, 0.25) is 5.02 Å². The number of carbonyl (C=O) groups is 2. The third-order valence-electron chi connectivity index (χ3n) is 2.70.